The zero-order valence-electron chi connectivity index (χ0n) is 17.8. The lowest BCUT2D eigenvalue weighted by Crippen LogP contribution is -2.09. The molecule has 5 nitrogen and oxygen atoms in total. The number of benzene rings is 2. The molecule has 0 amide bonds. The maximum absolute atomic E-state index is 13.4. The van der Waals surface area contributed by atoms with Gasteiger partial charge in [-0.25, -0.2) is 14.2 Å². The predicted octanol–water partition coefficient (Wildman–Crippen LogP) is 6.77. The van der Waals surface area contributed by atoms with Crippen molar-refractivity contribution in [1.82, 2.24) is 9.55 Å². The summed E-state index contributed by atoms with van der Waals surface area (Å²) >= 11 is 9.69. The van der Waals surface area contributed by atoms with E-state index in [9.17, 15) is 9.18 Å². The van der Waals surface area contributed by atoms with Gasteiger partial charge in [0, 0.05) is 21.3 Å². The Hall–Kier alpha value is -3.16. The van der Waals surface area contributed by atoms with Crippen molar-refractivity contribution < 1.29 is 18.7 Å². The molecule has 168 valence electrons. The van der Waals surface area contributed by atoms with Crippen molar-refractivity contribution in [1.29, 1.82) is 0 Å². The number of nitrogens with zero attached hydrogens (tertiary/aromatic N) is 2. The molecule has 0 aliphatic heterocycles. The Morgan fingerprint density at radius 3 is 2.70 bits per heavy atom. The molecule has 4 aromatic rings. The van der Waals surface area contributed by atoms with Crippen LogP contribution in [-0.2, 0) is 11.3 Å². The fourth-order valence-electron chi connectivity index (χ4n) is 3.44. The molecule has 0 saturated carbocycles. The number of hydrogen-bond acceptors (Lipinski definition) is 4. The molecule has 0 atom stereocenters. The number of aryl methyl sites for hydroxylation is 1. The van der Waals surface area contributed by atoms with E-state index in [4.69, 9.17) is 21.1 Å². The smallest absolute Gasteiger partial charge is 0.356 e. The molecule has 33 heavy (non-hydrogen) atoms. The van der Waals surface area contributed by atoms with Crippen LogP contribution in [0.3, 0.4) is 0 Å². The van der Waals surface area contributed by atoms with Crippen LogP contribution in [0.2, 0.25) is 5.02 Å². The third-order valence-electron chi connectivity index (χ3n) is 5.05. The van der Waals surface area contributed by atoms with Gasteiger partial charge >= 0.3 is 5.97 Å². The zero-order chi connectivity index (χ0) is 23.5. The predicted molar refractivity (Wildman–Crippen MR) is 129 cm³/mol. The first-order valence-electron chi connectivity index (χ1n) is 9.98. The van der Waals surface area contributed by atoms with E-state index in [1.54, 1.807) is 18.2 Å². The summed E-state index contributed by atoms with van der Waals surface area (Å²) in [5.74, 6) is 0.277. The molecule has 0 bridgehead atoms. The van der Waals surface area contributed by atoms with Gasteiger partial charge in [0.2, 0.25) is 0 Å². The van der Waals surface area contributed by atoms with Gasteiger partial charge in [-0.15, -0.1) is 0 Å². The summed E-state index contributed by atoms with van der Waals surface area (Å²) < 4.78 is 27.1. The average molecular weight is 530 g/mol. The molecule has 2 heterocycles. The molecular formula is C25H19BrClFN2O3. The third-order valence-corrected chi connectivity index (χ3v) is 5.89. The number of ether oxygens (including phenoxy) is 2. The lowest BCUT2D eigenvalue weighted by molar-refractivity contribution is 0.0594. The van der Waals surface area contributed by atoms with Gasteiger partial charge in [0.15, 0.2) is 5.69 Å². The first kappa shape index (κ1) is 23.0. The molecular weight excluding hydrogens is 511 g/mol. The van der Waals surface area contributed by atoms with E-state index in [0.29, 0.717) is 22.2 Å². The molecule has 2 aromatic carbocycles. The number of pyridine rings is 1. The number of aromatic nitrogens is 2. The van der Waals surface area contributed by atoms with Crippen LogP contribution < -0.4 is 4.74 Å². The van der Waals surface area contributed by atoms with Gasteiger partial charge in [-0.05, 0) is 61.5 Å². The van der Waals surface area contributed by atoms with Gasteiger partial charge in [-0.3, -0.25) is 4.57 Å². The van der Waals surface area contributed by atoms with Crippen LogP contribution in [0.25, 0.3) is 17.1 Å². The Kier molecular flexibility index (Phi) is 6.81. The van der Waals surface area contributed by atoms with Crippen LogP contribution in [0.15, 0.2) is 71.2 Å². The number of carbonyl (C=O) groups excluding carboxylic acids is 1. The number of hydrogen-bond donors (Lipinski definition) is 0. The van der Waals surface area contributed by atoms with Crippen molar-refractivity contribution in [2.45, 2.75) is 13.5 Å². The van der Waals surface area contributed by atoms with E-state index < -0.39 is 11.8 Å². The molecule has 0 aliphatic rings. The first-order valence-corrected chi connectivity index (χ1v) is 11.1. The van der Waals surface area contributed by atoms with Crippen molar-refractivity contribution >= 4 is 33.5 Å². The number of halogens is 3. The average Bonchev–Trinajstić information content (AvgIpc) is 3.19. The van der Waals surface area contributed by atoms with Gasteiger partial charge in [-0.2, -0.15) is 0 Å². The Morgan fingerprint density at radius 2 is 1.94 bits per heavy atom. The molecule has 8 heteroatoms. The lowest BCUT2D eigenvalue weighted by atomic mass is 10.1. The van der Waals surface area contributed by atoms with Crippen molar-refractivity contribution in [3.63, 3.8) is 0 Å². The number of rotatable bonds is 6. The Morgan fingerprint density at radius 1 is 1.12 bits per heavy atom. The summed E-state index contributed by atoms with van der Waals surface area (Å²) in [6, 6.07) is 19.0. The molecule has 4 rings (SSSR count). The van der Waals surface area contributed by atoms with E-state index in [1.165, 1.54) is 19.2 Å². The van der Waals surface area contributed by atoms with Gasteiger partial charge in [-0.1, -0.05) is 39.7 Å². The third kappa shape index (κ3) is 4.94. The fourth-order valence-corrected chi connectivity index (χ4v) is 4.02. The normalized spacial score (nSPS) is 10.8. The molecule has 2 aromatic heterocycles. The van der Waals surface area contributed by atoms with Crippen LogP contribution in [-0.4, -0.2) is 22.6 Å². The highest BCUT2D eigenvalue weighted by Gasteiger charge is 2.17. The van der Waals surface area contributed by atoms with E-state index in [0.717, 1.165) is 21.4 Å². The van der Waals surface area contributed by atoms with Gasteiger partial charge < -0.3 is 9.47 Å². The minimum Gasteiger partial charge on any atom is -0.488 e. The molecule has 0 radical (unpaired) electrons. The Labute approximate surface area is 203 Å². The Balaban J connectivity index is 1.75. The number of esters is 1. The highest BCUT2D eigenvalue weighted by molar-refractivity contribution is 9.10. The minimum absolute atomic E-state index is 0.170. The minimum atomic E-state index is -0.508. The monoisotopic (exact) mass is 528 g/mol. The zero-order valence-corrected chi connectivity index (χ0v) is 20.2. The summed E-state index contributed by atoms with van der Waals surface area (Å²) in [5, 5.41) is 0.303. The molecule has 0 N–H and O–H groups in total. The van der Waals surface area contributed by atoms with E-state index in [1.807, 2.05) is 47.9 Å². The molecule has 0 aliphatic carbocycles. The highest BCUT2D eigenvalue weighted by atomic mass is 79.9. The van der Waals surface area contributed by atoms with E-state index in [2.05, 4.69) is 20.9 Å². The molecule has 0 fully saturated rings. The topological polar surface area (TPSA) is 53.4 Å². The summed E-state index contributed by atoms with van der Waals surface area (Å²) in [6.07, 6.45) is 0. The van der Waals surface area contributed by atoms with Crippen molar-refractivity contribution in [2.75, 3.05) is 7.11 Å². The molecule has 0 unspecified atom stereocenters. The highest BCUT2D eigenvalue weighted by Crippen LogP contribution is 2.36. The fraction of sp³-hybridized carbons (Fsp3) is 0.120. The van der Waals surface area contributed by atoms with Crippen molar-refractivity contribution in [3.05, 3.63) is 99.0 Å². The van der Waals surface area contributed by atoms with Crippen LogP contribution in [0.1, 0.15) is 21.7 Å². The Bertz CT molecular complexity index is 1340. The first-order chi connectivity index (χ1) is 15.9. The summed E-state index contributed by atoms with van der Waals surface area (Å²) in [6.45, 7) is 2.12. The lowest BCUT2D eigenvalue weighted by Gasteiger charge is -2.16. The standard InChI is InChI=1S/C25H19BrClFN2O3/c1-15-6-10-22(30(15)24-5-3-4-21(29-24)25(31)32-2)19-12-17(26)8-11-23(19)33-14-16-7-9-18(28)13-20(16)27/h3-13H,14H2,1-2H3. The van der Waals surface area contributed by atoms with Crippen LogP contribution in [0.5, 0.6) is 5.75 Å². The molecule has 0 saturated heterocycles. The van der Waals surface area contributed by atoms with Crippen LogP contribution in [0.4, 0.5) is 4.39 Å². The quantitative estimate of drug-likeness (QED) is 0.259. The number of carbonyl (C=O) groups is 1. The van der Waals surface area contributed by atoms with Crippen molar-refractivity contribution in [3.8, 4) is 22.8 Å². The second-order valence-corrected chi connectivity index (χ2v) is 8.56. The van der Waals surface area contributed by atoms with Gasteiger partial charge in [0.05, 0.1) is 17.8 Å². The largest absolute Gasteiger partial charge is 0.488 e. The maximum Gasteiger partial charge on any atom is 0.356 e. The van der Waals surface area contributed by atoms with E-state index in [-0.39, 0.29) is 12.3 Å². The SMILES string of the molecule is COC(=O)c1cccc(-n2c(C)ccc2-c2cc(Br)ccc2OCc2ccc(F)cc2Cl)n1. The van der Waals surface area contributed by atoms with Gasteiger partial charge in [0.25, 0.3) is 0 Å². The maximum atomic E-state index is 13.4. The second-order valence-electron chi connectivity index (χ2n) is 7.23. The summed E-state index contributed by atoms with van der Waals surface area (Å²) in [5.41, 5.74) is 3.44. The van der Waals surface area contributed by atoms with Crippen LogP contribution in [0, 0.1) is 12.7 Å². The van der Waals surface area contributed by atoms with E-state index >= 15 is 0 Å². The number of methoxy groups -OCH3 is 1. The second kappa shape index (κ2) is 9.77. The van der Waals surface area contributed by atoms with Crippen molar-refractivity contribution in [2.24, 2.45) is 0 Å². The summed E-state index contributed by atoms with van der Waals surface area (Å²) in [4.78, 5) is 16.5. The summed E-state index contributed by atoms with van der Waals surface area (Å²) in [7, 11) is 1.32. The molecule has 0 spiro atoms. The van der Waals surface area contributed by atoms with Crippen LogP contribution >= 0.6 is 27.5 Å². The van der Waals surface area contributed by atoms with Gasteiger partial charge in [0.1, 0.15) is 24.0 Å².